The number of carboxylic acid groups (broad SMARTS) is 1. The van der Waals surface area contributed by atoms with Crippen LogP contribution in [0.3, 0.4) is 0 Å². The van der Waals surface area contributed by atoms with E-state index in [2.05, 4.69) is 5.32 Å². The lowest BCUT2D eigenvalue weighted by molar-refractivity contribution is -0.301. The highest BCUT2D eigenvalue weighted by atomic mass is 32.2. The van der Waals surface area contributed by atoms with Gasteiger partial charge in [-0.05, 0) is 0 Å². The number of amides is 2. The van der Waals surface area contributed by atoms with E-state index in [0.29, 0.717) is 12.0 Å². The molecular formula is C11H11N2O6S-. The van der Waals surface area contributed by atoms with Crippen LogP contribution in [0.25, 0.3) is 0 Å². The number of thioether (sulfide) groups is 1. The first-order valence-corrected chi connectivity index (χ1v) is 6.73. The Labute approximate surface area is 118 Å². The van der Waals surface area contributed by atoms with Crippen LogP contribution in [0.5, 0.6) is 0 Å². The van der Waals surface area contributed by atoms with Crippen molar-refractivity contribution in [2.75, 3.05) is 12.4 Å². The maximum Gasteiger partial charge on any atom is 0.302 e. The first-order chi connectivity index (χ1) is 9.47. The van der Waals surface area contributed by atoms with Crippen molar-refractivity contribution >= 4 is 36.0 Å². The SMILES string of the molecule is CC(=O)OCC1=C(C(=O)[O-])N2C(=O)[C@@H](NC=O)[C@H]2SC1. The average Bonchev–Trinajstić information content (AvgIpc) is 2.40. The molecule has 0 aromatic heterocycles. The Hall–Kier alpha value is -2.03. The van der Waals surface area contributed by atoms with Gasteiger partial charge in [0.15, 0.2) is 0 Å². The molecule has 2 rings (SSSR count). The Morgan fingerprint density at radius 3 is 2.85 bits per heavy atom. The molecule has 9 heteroatoms. The van der Waals surface area contributed by atoms with Crippen molar-refractivity contribution < 1.29 is 29.0 Å². The predicted octanol–water partition coefficient (Wildman–Crippen LogP) is -2.42. The average molecular weight is 299 g/mol. The highest BCUT2D eigenvalue weighted by Gasteiger charge is 2.52. The van der Waals surface area contributed by atoms with E-state index in [9.17, 15) is 24.3 Å². The Morgan fingerprint density at radius 1 is 1.60 bits per heavy atom. The minimum absolute atomic E-state index is 0.200. The van der Waals surface area contributed by atoms with E-state index in [1.54, 1.807) is 0 Å². The summed E-state index contributed by atoms with van der Waals surface area (Å²) in [4.78, 5) is 45.3. The van der Waals surface area contributed by atoms with E-state index in [1.165, 1.54) is 18.7 Å². The van der Waals surface area contributed by atoms with Crippen LogP contribution in [-0.4, -0.2) is 52.9 Å². The van der Waals surface area contributed by atoms with E-state index < -0.39 is 29.3 Å². The predicted molar refractivity (Wildman–Crippen MR) is 64.7 cm³/mol. The van der Waals surface area contributed by atoms with Crippen molar-refractivity contribution in [2.45, 2.75) is 18.3 Å². The number of fused-ring (bicyclic) bond motifs is 1. The fourth-order valence-electron chi connectivity index (χ4n) is 2.07. The van der Waals surface area contributed by atoms with Crippen LogP contribution in [0.15, 0.2) is 11.3 Å². The van der Waals surface area contributed by atoms with Gasteiger partial charge in [-0.1, -0.05) is 0 Å². The molecule has 108 valence electrons. The number of ether oxygens (including phenoxy) is 1. The van der Waals surface area contributed by atoms with Gasteiger partial charge in [0, 0.05) is 18.2 Å². The Bertz CT molecular complexity index is 517. The van der Waals surface area contributed by atoms with Gasteiger partial charge in [-0.2, -0.15) is 0 Å². The maximum atomic E-state index is 11.8. The molecule has 0 bridgehead atoms. The molecule has 2 amide bonds. The molecule has 0 spiro atoms. The van der Waals surface area contributed by atoms with Crippen molar-refractivity contribution in [2.24, 2.45) is 0 Å². The van der Waals surface area contributed by atoms with E-state index in [-0.39, 0.29) is 18.1 Å². The fourth-order valence-corrected chi connectivity index (χ4v) is 3.40. The summed E-state index contributed by atoms with van der Waals surface area (Å²) in [5, 5.41) is 13.1. The molecule has 0 aliphatic carbocycles. The van der Waals surface area contributed by atoms with Gasteiger partial charge in [-0.3, -0.25) is 19.3 Å². The zero-order valence-electron chi connectivity index (χ0n) is 10.5. The number of β-lactam (4-membered cyclic amide) rings is 1. The molecule has 0 saturated carbocycles. The second-order valence-electron chi connectivity index (χ2n) is 4.19. The van der Waals surface area contributed by atoms with Crippen molar-refractivity contribution in [3.05, 3.63) is 11.3 Å². The van der Waals surface area contributed by atoms with E-state index >= 15 is 0 Å². The van der Waals surface area contributed by atoms with Crippen LogP contribution in [0.1, 0.15) is 6.92 Å². The molecule has 2 heterocycles. The number of aliphatic carboxylic acids is 1. The lowest BCUT2D eigenvalue weighted by Gasteiger charge is -2.50. The summed E-state index contributed by atoms with van der Waals surface area (Å²) in [7, 11) is 0. The number of carboxylic acids is 1. The largest absolute Gasteiger partial charge is 0.543 e. The second kappa shape index (κ2) is 5.53. The van der Waals surface area contributed by atoms with Crippen LogP contribution in [-0.2, 0) is 23.9 Å². The molecule has 1 N–H and O–H groups in total. The van der Waals surface area contributed by atoms with E-state index in [1.807, 2.05) is 0 Å². The van der Waals surface area contributed by atoms with Crippen molar-refractivity contribution in [1.29, 1.82) is 0 Å². The van der Waals surface area contributed by atoms with Gasteiger partial charge in [0.1, 0.15) is 18.0 Å². The Balaban J connectivity index is 2.23. The number of carbonyl (C=O) groups is 4. The zero-order chi connectivity index (χ0) is 14.9. The zero-order valence-corrected chi connectivity index (χ0v) is 11.3. The molecule has 0 unspecified atom stereocenters. The molecule has 0 aromatic carbocycles. The van der Waals surface area contributed by atoms with Crippen LogP contribution in [0, 0.1) is 0 Å². The van der Waals surface area contributed by atoms with E-state index in [4.69, 9.17) is 4.74 Å². The molecule has 2 aliphatic heterocycles. The summed E-state index contributed by atoms with van der Waals surface area (Å²) in [5.74, 6) is -2.29. The third-order valence-electron chi connectivity index (χ3n) is 2.94. The molecular weight excluding hydrogens is 288 g/mol. The lowest BCUT2D eigenvalue weighted by Crippen LogP contribution is -2.70. The van der Waals surface area contributed by atoms with Crippen LogP contribution in [0.4, 0.5) is 0 Å². The highest BCUT2D eigenvalue weighted by molar-refractivity contribution is 8.00. The van der Waals surface area contributed by atoms with Gasteiger partial charge in [-0.15, -0.1) is 11.8 Å². The van der Waals surface area contributed by atoms with Gasteiger partial charge >= 0.3 is 5.97 Å². The van der Waals surface area contributed by atoms with Crippen LogP contribution >= 0.6 is 11.8 Å². The quantitative estimate of drug-likeness (QED) is 0.341. The molecule has 1 saturated heterocycles. The number of hydrogen-bond acceptors (Lipinski definition) is 7. The van der Waals surface area contributed by atoms with Crippen molar-refractivity contribution in [3.8, 4) is 0 Å². The maximum absolute atomic E-state index is 11.8. The summed E-state index contributed by atoms with van der Waals surface area (Å²) < 4.78 is 4.77. The number of esters is 1. The van der Waals surface area contributed by atoms with Gasteiger partial charge in [0.2, 0.25) is 6.41 Å². The minimum atomic E-state index is -1.50. The molecule has 0 aromatic rings. The summed E-state index contributed by atoms with van der Waals surface area (Å²) in [5.41, 5.74) is 0.0308. The van der Waals surface area contributed by atoms with Gasteiger partial charge in [0.05, 0.1) is 11.7 Å². The first-order valence-electron chi connectivity index (χ1n) is 5.68. The number of carbonyl (C=O) groups excluding carboxylic acids is 4. The highest BCUT2D eigenvalue weighted by Crippen LogP contribution is 2.39. The number of rotatable bonds is 5. The molecule has 2 aliphatic rings. The van der Waals surface area contributed by atoms with Crippen LogP contribution in [0.2, 0.25) is 0 Å². The summed E-state index contributed by atoms with van der Waals surface area (Å²) in [6, 6.07) is -0.734. The van der Waals surface area contributed by atoms with Crippen molar-refractivity contribution in [1.82, 2.24) is 10.2 Å². The Morgan fingerprint density at radius 2 is 2.30 bits per heavy atom. The lowest BCUT2D eigenvalue weighted by atomic mass is 10.0. The molecule has 0 radical (unpaired) electrons. The van der Waals surface area contributed by atoms with E-state index in [0.717, 1.165) is 4.90 Å². The topological polar surface area (TPSA) is 116 Å². The van der Waals surface area contributed by atoms with Crippen LogP contribution < -0.4 is 10.4 Å². The van der Waals surface area contributed by atoms with Gasteiger partial charge < -0.3 is 20.0 Å². The number of nitrogens with zero attached hydrogens (tertiary/aromatic N) is 1. The first kappa shape index (κ1) is 14.4. The minimum Gasteiger partial charge on any atom is -0.543 e. The smallest absolute Gasteiger partial charge is 0.302 e. The van der Waals surface area contributed by atoms with Crippen molar-refractivity contribution in [3.63, 3.8) is 0 Å². The molecule has 2 atom stereocenters. The molecule has 8 nitrogen and oxygen atoms in total. The second-order valence-corrected chi connectivity index (χ2v) is 5.30. The Kier molecular flexibility index (Phi) is 3.98. The third kappa shape index (κ3) is 2.36. The molecule has 1 fully saturated rings. The third-order valence-corrected chi connectivity index (χ3v) is 4.28. The standard InChI is InChI=1S/C11H12N2O6S/c1-5(15)19-2-6-3-20-10-7(12-4-14)9(16)13(10)8(6)11(17)18/h4,7,10H,2-3H2,1H3,(H,12,14)(H,17,18)/p-1/t7-,10-/m1/s1. The monoisotopic (exact) mass is 299 g/mol. The number of nitrogens with one attached hydrogen (secondary N) is 1. The normalized spacial score (nSPS) is 24.6. The number of hydrogen-bond donors (Lipinski definition) is 1. The summed E-state index contributed by atoms with van der Waals surface area (Å²) in [6.07, 6.45) is 0.400. The van der Waals surface area contributed by atoms with Gasteiger partial charge in [0.25, 0.3) is 5.91 Å². The summed E-state index contributed by atoms with van der Waals surface area (Å²) >= 11 is 1.29. The summed E-state index contributed by atoms with van der Waals surface area (Å²) in [6.45, 7) is 1.00. The molecule has 20 heavy (non-hydrogen) atoms. The fraction of sp³-hybridized carbons (Fsp3) is 0.455. The van der Waals surface area contributed by atoms with Gasteiger partial charge in [-0.25, -0.2) is 0 Å².